The summed E-state index contributed by atoms with van der Waals surface area (Å²) in [5.41, 5.74) is 0. The normalized spacial score (nSPS) is 11.6. The fourth-order valence-electron chi connectivity index (χ4n) is 8.64. The van der Waals surface area contributed by atoms with Crippen molar-refractivity contribution in [1.82, 2.24) is 31.1 Å². The lowest BCUT2D eigenvalue weighted by atomic mass is 10.1. The standard InChI is InChI=1S/C46H87N3O8S.C18H35N3O6S/c1-5-9-11-13-15-17-19-21-23-25-27-29-45(53)56-40-41(57-46(54)30-28-26-24-22-20-18-16-14-12-10-6-2)39-55-36-33-48-43(51)31-37-58-38-35-49(44(52)8-4)34-32-47-42(50)7-3;1-3-16(24)19-6-8-21(18(26)4-2)9-12-28-11-5-17(25)20-7-10-27-14-15(23)13-22/h41H,5-40H2,1-4H3,(H,47,50)(H,48,51);15,22-23H,3-14H2,1-2H3,(H,19,24)(H,20,25). The Morgan fingerprint density at radius 1 is 0.407 bits per heavy atom. The lowest BCUT2D eigenvalue weighted by Gasteiger charge is -2.22. The molecule has 0 heterocycles. The first-order valence-corrected chi connectivity index (χ1v) is 35.6. The molecule has 0 aromatic heterocycles. The number of nitrogens with one attached hydrogen (secondary N) is 4. The second-order valence-electron chi connectivity index (χ2n) is 21.7. The Morgan fingerprint density at radius 3 is 1.16 bits per heavy atom. The molecule has 0 saturated heterocycles. The van der Waals surface area contributed by atoms with E-state index in [9.17, 15) is 38.4 Å². The average molecular weight is 1260 g/mol. The highest BCUT2D eigenvalue weighted by Crippen LogP contribution is 2.15. The fourth-order valence-corrected chi connectivity index (χ4v) is 10.4. The maximum atomic E-state index is 12.7. The summed E-state index contributed by atoms with van der Waals surface area (Å²) >= 11 is 3.20. The van der Waals surface area contributed by atoms with E-state index in [1.165, 1.54) is 103 Å². The molecule has 0 spiro atoms. The molecule has 0 aliphatic heterocycles. The number of esters is 2. The molecule has 0 aromatic carbocycles. The van der Waals surface area contributed by atoms with Crippen molar-refractivity contribution in [3.8, 4) is 0 Å². The second-order valence-corrected chi connectivity index (χ2v) is 24.1. The number of aliphatic hydroxyl groups is 2. The van der Waals surface area contributed by atoms with Crippen LogP contribution in [0.3, 0.4) is 0 Å². The van der Waals surface area contributed by atoms with E-state index < -0.39 is 12.2 Å². The first-order chi connectivity index (χ1) is 41.7. The summed E-state index contributed by atoms with van der Waals surface area (Å²) in [6, 6.07) is 0. The highest BCUT2D eigenvalue weighted by Gasteiger charge is 2.19. The average Bonchev–Trinajstić information content (AvgIpc) is 3.56. The van der Waals surface area contributed by atoms with Gasteiger partial charge in [0, 0.05) is 127 Å². The summed E-state index contributed by atoms with van der Waals surface area (Å²) in [6.45, 7) is 15.6. The third-order valence-electron chi connectivity index (χ3n) is 14.0. The monoisotopic (exact) mass is 1260 g/mol. The molecule has 504 valence electrons. The van der Waals surface area contributed by atoms with Crippen LogP contribution in [-0.4, -0.2) is 195 Å². The third-order valence-corrected chi connectivity index (χ3v) is 15.9. The molecule has 0 saturated carbocycles. The molecule has 0 radical (unpaired) electrons. The molecule has 0 bridgehead atoms. The Balaban J connectivity index is 0. The van der Waals surface area contributed by atoms with Gasteiger partial charge in [0.25, 0.3) is 0 Å². The molecule has 0 aromatic rings. The van der Waals surface area contributed by atoms with Crippen LogP contribution in [0.15, 0.2) is 0 Å². The molecule has 0 fully saturated rings. The Kier molecular flexibility index (Phi) is 63.1. The van der Waals surface area contributed by atoms with E-state index >= 15 is 0 Å². The first kappa shape index (κ1) is 84.4. The number of hydrogen-bond donors (Lipinski definition) is 6. The van der Waals surface area contributed by atoms with Gasteiger partial charge in [0.2, 0.25) is 35.4 Å². The molecule has 0 rings (SSSR count). The zero-order valence-electron chi connectivity index (χ0n) is 54.6. The van der Waals surface area contributed by atoms with Crippen molar-refractivity contribution in [2.24, 2.45) is 0 Å². The Labute approximate surface area is 528 Å². The van der Waals surface area contributed by atoms with E-state index in [1.807, 2.05) is 13.8 Å². The van der Waals surface area contributed by atoms with E-state index in [0.29, 0.717) is 121 Å². The van der Waals surface area contributed by atoms with Crippen LogP contribution in [0.25, 0.3) is 0 Å². The van der Waals surface area contributed by atoms with E-state index in [2.05, 4.69) is 35.1 Å². The molecule has 86 heavy (non-hydrogen) atoms. The van der Waals surface area contributed by atoms with Gasteiger partial charge in [0.05, 0.1) is 33.0 Å². The predicted molar refractivity (Wildman–Crippen MR) is 348 cm³/mol. The van der Waals surface area contributed by atoms with E-state index in [0.717, 1.165) is 44.3 Å². The van der Waals surface area contributed by atoms with Crippen molar-refractivity contribution in [3.05, 3.63) is 0 Å². The summed E-state index contributed by atoms with van der Waals surface area (Å²) in [5.74, 6) is 1.97. The van der Waals surface area contributed by atoms with Gasteiger partial charge in [0.15, 0.2) is 6.10 Å². The third kappa shape index (κ3) is 58.0. The molecule has 2 atom stereocenters. The van der Waals surface area contributed by atoms with Crippen LogP contribution in [-0.2, 0) is 57.3 Å². The Hall–Kier alpha value is -3.70. The van der Waals surface area contributed by atoms with Crippen molar-refractivity contribution in [2.45, 2.75) is 246 Å². The topological polar surface area (TPSA) is 269 Å². The Bertz CT molecular complexity index is 1690. The van der Waals surface area contributed by atoms with Crippen LogP contribution >= 0.6 is 23.5 Å². The quantitative estimate of drug-likeness (QED) is 0.0245. The van der Waals surface area contributed by atoms with E-state index in [1.54, 1.807) is 47.2 Å². The van der Waals surface area contributed by atoms with E-state index in [-0.39, 0.29) is 87.0 Å². The summed E-state index contributed by atoms with van der Waals surface area (Å²) in [6.07, 6.45) is 28.1. The predicted octanol–water partition coefficient (Wildman–Crippen LogP) is 9.23. The zero-order chi connectivity index (χ0) is 63.9. The summed E-state index contributed by atoms with van der Waals surface area (Å²) in [4.78, 5) is 99.8. The first-order valence-electron chi connectivity index (χ1n) is 33.3. The molecule has 2 unspecified atom stereocenters. The van der Waals surface area contributed by atoms with Gasteiger partial charge in [-0.05, 0) is 12.8 Å². The van der Waals surface area contributed by atoms with Crippen LogP contribution < -0.4 is 21.3 Å². The molecule has 20 nitrogen and oxygen atoms in total. The number of nitrogens with zero attached hydrogens (tertiary/aromatic N) is 2. The van der Waals surface area contributed by atoms with Gasteiger partial charge in [0.1, 0.15) is 12.7 Å². The molecular weight excluding hydrogens is 1140 g/mol. The number of carbonyl (C=O) groups is 8. The zero-order valence-corrected chi connectivity index (χ0v) is 56.2. The van der Waals surface area contributed by atoms with Crippen molar-refractivity contribution < 1.29 is 67.5 Å². The van der Waals surface area contributed by atoms with Crippen molar-refractivity contribution in [1.29, 1.82) is 0 Å². The highest BCUT2D eigenvalue weighted by molar-refractivity contribution is 7.99. The van der Waals surface area contributed by atoms with Crippen LogP contribution in [0.5, 0.6) is 0 Å². The minimum atomic E-state index is -0.894. The summed E-state index contributed by atoms with van der Waals surface area (Å²) < 4.78 is 22.1. The van der Waals surface area contributed by atoms with Crippen molar-refractivity contribution in [3.63, 3.8) is 0 Å². The molecule has 6 amide bonds. The van der Waals surface area contributed by atoms with Gasteiger partial charge in [-0.2, -0.15) is 23.5 Å². The van der Waals surface area contributed by atoms with Gasteiger partial charge in [-0.1, -0.05) is 170 Å². The Morgan fingerprint density at radius 2 is 0.779 bits per heavy atom. The lowest BCUT2D eigenvalue weighted by Crippen LogP contribution is -2.39. The van der Waals surface area contributed by atoms with Crippen molar-refractivity contribution in [2.75, 3.05) is 115 Å². The summed E-state index contributed by atoms with van der Waals surface area (Å²) in [5, 5.41) is 28.9. The van der Waals surface area contributed by atoms with Gasteiger partial charge >= 0.3 is 11.9 Å². The maximum absolute atomic E-state index is 12.7. The number of rotatable bonds is 60. The number of ether oxygens (including phenoxy) is 4. The van der Waals surface area contributed by atoms with Gasteiger partial charge in [-0.15, -0.1) is 0 Å². The van der Waals surface area contributed by atoms with Gasteiger partial charge < -0.3 is 60.2 Å². The van der Waals surface area contributed by atoms with Crippen LogP contribution in [0.2, 0.25) is 0 Å². The largest absolute Gasteiger partial charge is 0.462 e. The van der Waals surface area contributed by atoms with E-state index in [4.69, 9.17) is 29.2 Å². The van der Waals surface area contributed by atoms with Gasteiger partial charge in [-0.3, -0.25) is 38.4 Å². The lowest BCUT2D eigenvalue weighted by molar-refractivity contribution is -0.162. The minimum absolute atomic E-state index is 0.0285. The molecule has 0 aliphatic carbocycles. The van der Waals surface area contributed by atoms with Crippen LogP contribution in [0.1, 0.15) is 234 Å². The number of thioether (sulfide) groups is 2. The molecule has 0 aliphatic rings. The number of amides is 6. The SMILES string of the molecule is CCC(=O)NCCN(CCSCCC(=O)NCCOCC(O)CO)C(=O)CC.CCCCCCCCCCCCCC(=O)OCC(COCCNC(=O)CCSCCN(CCNC(=O)CC)C(=O)CC)OC(=O)CCCCCCCCCCCCC. The number of carbonyl (C=O) groups excluding carboxylic acids is 8. The maximum Gasteiger partial charge on any atom is 0.306 e. The van der Waals surface area contributed by atoms with Gasteiger partial charge in [-0.25, -0.2) is 0 Å². The molecule has 22 heteroatoms. The van der Waals surface area contributed by atoms with Crippen LogP contribution in [0, 0.1) is 0 Å². The molecule has 6 N–H and O–H groups in total. The second kappa shape index (κ2) is 64.3. The number of hydrogen-bond acceptors (Lipinski definition) is 16. The number of aliphatic hydroxyl groups excluding tert-OH is 2. The minimum Gasteiger partial charge on any atom is -0.462 e. The van der Waals surface area contributed by atoms with Crippen LogP contribution in [0.4, 0.5) is 0 Å². The highest BCUT2D eigenvalue weighted by atomic mass is 32.2. The van der Waals surface area contributed by atoms with Crippen molar-refractivity contribution >= 4 is 70.9 Å². The molecular formula is C64H122N6O14S2. The fraction of sp³-hybridized carbons (Fsp3) is 0.875. The number of unbranched alkanes of at least 4 members (excludes halogenated alkanes) is 20. The summed E-state index contributed by atoms with van der Waals surface area (Å²) in [7, 11) is 0. The smallest absolute Gasteiger partial charge is 0.306 e.